The van der Waals surface area contributed by atoms with Gasteiger partial charge in [0.05, 0.1) is 48.7 Å². The largest absolute Gasteiger partial charge is 0.469 e. The molecule has 4 saturated heterocycles. The van der Waals surface area contributed by atoms with E-state index < -0.39 is 46.5 Å². The average molecular weight is 968 g/mol. The molecular weight excluding hydrogens is 909 g/mol. The Morgan fingerprint density at radius 3 is 2.57 bits per heavy atom. The lowest BCUT2D eigenvalue weighted by Gasteiger charge is -2.49. The Bertz CT molecular complexity index is 2750. The molecule has 1 N–H and O–H groups in total. The summed E-state index contributed by atoms with van der Waals surface area (Å²) in [6, 6.07) is 16.5. The lowest BCUT2D eigenvalue weighted by molar-refractivity contribution is -0.142. The molecule has 372 valence electrons. The van der Waals surface area contributed by atoms with Crippen LogP contribution in [0.15, 0.2) is 66.9 Å². The number of aromatic nitrogens is 3. The summed E-state index contributed by atoms with van der Waals surface area (Å²) in [4.78, 5) is 59.7. The smallest absolute Gasteiger partial charge is 0.411 e. The third-order valence-corrected chi connectivity index (χ3v) is 13.7. The van der Waals surface area contributed by atoms with Crippen molar-refractivity contribution < 1.29 is 56.3 Å². The zero-order chi connectivity index (χ0) is 49.2. The quantitative estimate of drug-likeness (QED) is 0.0582. The second-order valence-electron chi connectivity index (χ2n) is 19.5. The fourth-order valence-electron chi connectivity index (χ4n) is 10.6. The molecule has 2 unspecified atom stereocenters. The Hall–Kier alpha value is -6.44. The number of methoxy groups -OCH3 is 2. The number of halogens is 2. The first-order chi connectivity index (χ1) is 33.7. The van der Waals surface area contributed by atoms with E-state index >= 15 is 8.78 Å². The van der Waals surface area contributed by atoms with Crippen molar-refractivity contribution in [1.29, 1.82) is 0 Å². The van der Waals surface area contributed by atoms with Gasteiger partial charge < -0.3 is 43.4 Å². The Balaban J connectivity index is 1.09. The number of nitrogens with zero attached hydrogens (tertiary/aromatic N) is 6. The number of nitrogens with one attached hydrogen (secondary N) is 1. The van der Waals surface area contributed by atoms with E-state index in [9.17, 15) is 14.4 Å². The fraction of sp³-hybridized carbons (Fsp3) is 0.490. The highest BCUT2D eigenvalue weighted by Crippen LogP contribution is 2.45. The number of pyridine rings is 1. The first-order valence-corrected chi connectivity index (χ1v) is 23.7. The van der Waals surface area contributed by atoms with Crippen LogP contribution >= 0.6 is 0 Å². The maximum atomic E-state index is 17.7. The van der Waals surface area contributed by atoms with Crippen molar-refractivity contribution in [1.82, 2.24) is 30.1 Å². The van der Waals surface area contributed by atoms with Crippen LogP contribution in [-0.2, 0) is 35.1 Å². The van der Waals surface area contributed by atoms with Gasteiger partial charge in [-0.1, -0.05) is 42.5 Å². The molecule has 0 spiro atoms. The molecule has 4 aliphatic heterocycles. The van der Waals surface area contributed by atoms with Crippen LogP contribution in [0, 0.1) is 11.6 Å². The minimum absolute atomic E-state index is 0.0113. The Labute approximate surface area is 404 Å². The third kappa shape index (κ3) is 10.1. The van der Waals surface area contributed by atoms with Gasteiger partial charge in [-0.25, -0.2) is 18.4 Å². The fourth-order valence-corrected chi connectivity index (χ4v) is 10.6. The van der Waals surface area contributed by atoms with Crippen LogP contribution in [0.2, 0.25) is 0 Å². The van der Waals surface area contributed by atoms with E-state index in [0.717, 1.165) is 24.9 Å². The molecule has 0 saturated carbocycles. The van der Waals surface area contributed by atoms with E-state index in [2.05, 4.69) is 15.2 Å². The number of carbonyl (C=O) groups is 3. The van der Waals surface area contributed by atoms with E-state index in [4.69, 9.17) is 43.1 Å². The van der Waals surface area contributed by atoms with Crippen LogP contribution in [0.1, 0.15) is 64.9 Å². The van der Waals surface area contributed by atoms with Crippen LogP contribution in [0.3, 0.4) is 0 Å². The summed E-state index contributed by atoms with van der Waals surface area (Å²) in [5, 5.41) is 3.78. The molecular formula is C51H59F2N7O10. The number of carbonyl (C=O) groups excluding carboxylic acids is 3. The Morgan fingerprint density at radius 2 is 1.79 bits per heavy atom. The van der Waals surface area contributed by atoms with E-state index in [-0.39, 0.29) is 98.3 Å². The Kier molecular flexibility index (Phi) is 14.0. The maximum Gasteiger partial charge on any atom is 0.411 e. The van der Waals surface area contributed by atoms with Gasteiger partial charge >= 0.3 is 24.2 Å². The molecule has 6 heterocycles. The van der Waals surface area contributed by atoms with Crippen molar-refractivity contribution >= 4 is 45.6 Å². The number of anilines is 1. The number of ether oxygens (including phenoxy) is 7. The number of esters is 1. The van der Waals surface area contributed by atoms with Crippen molar-refractivity contribution in [3.05, 3.63) is 84.1 Å². The van der Waals surface area contributed by atoms with Crippen molar-refractivity contribution in [3.63, 3.8) is 0 Å². The van der Waals surface area contributed by atoms with Crippen molar-refractivity contribution in [2.75, 3.05) is 71.8 Å². The molecule has 3 aromatic carbocycles. The highest BCUT2D eigenvalue weighted by Gasteiger charge is 2.56. The number of benzene rings is 3. The van der Waals surface area contributed by atoms with E-state index in [1.807, 2.05) is 35.2 Å². The highest BCUT2D eigenvalue weighted by atomic mass is 19.1. The van der Waals surface area contributed by atoms with Gasteiger partial charge in [-0.05, 0) is 88.6 Å². The summed E-state index contributed by atoms with van der Waals surface area (Å²) in [6.07, 6.45) is 3.73. The van der Waals surface area contributed by atoms with Gasteiger partial charge in [0, 0.05) is 50.4 Å². The average Bonchev–Trinajstić information content (AvgIpc) is 3.97. The van der Waals surface area contributed by atoms with Crippen LogP contribution in [-0.4, -0.2) is 139 Å². The van der Waals surface area contributed by atoms with E-state index in [1.54, 1.807) is 43.9 Å². The number of fused-ring (bicyclic) bond motifs is 5. The molecule has 70 heavy (non-hydrogen) atoms. The van der Waals surface area contributed by atoms with Gasteiger partial charge in [0.15, 0.2) is 12.6 Å². The molecule has 17 nitrogen and oxygen atoms in total. The molecule has 9 rings (SSSR count). The summed E-state index contributed by atoms with van der Waals surface area (Å²) in [5.41, 5.74) is -1.59. The number of hydrogen-bond donors (Lipinski definition) is 1. The zero-order valence-electron chi connectivity index (χ0n) is 40.1. The molecule has 19 heteroatoms. The molecule has 2 amide bonds. The minimum atomic E-state index is -1.02. The summed E-state index contributed by atoms with van der Waals surface area (Å²) < 4.78 is 73.5. The Morgan fingerprint density at radius 1 is 0.957 bits per heavy atom. The van der Waals surface area contributed by atoms with Crippen molar-refractivity contribution in [2.24, 2.45) is 0 Å². The highest BCUT2D eigenvalue weighted by molar-refractivity contribution is 6.00. The van der Waals surface area contributed by atoms with Crippen LogP contribution in [0.5, 0.6) is 11.8 Å². The predicted octanol–water partition coefficient (Wildman–Crippen LogP) is 7.56. The molecule has 0 aliphatic carbocycles. The molecule has 4 atom stereocenters. The lowest BCUT2D eigenvalue weighted by Crippen LogP contribution is -2.67. The summed E-state index contributed by atoms with van der Waals surface area (Å²) in [5.74, 6) is -1.15. The topological polar surface area (TPSA) is 176 Å². The summed E-state index contributed by atoms with van der Waals surface area (Å²) in [7, 11) is 2.82. The van der Waals surface area contributed by atoms with Crippen LogP contribution < -0.4 is 19.7 Å². The second-order valence-corrected chi connectivity index (χ2v) is 19.5. The normalized spacial score (nSPS) is 22.0. The first kappa shape index (κ1) is 48.6. The molecule has 2 aromatic heterocycles. The number of piperazine rings is 1. The summed E-state index contributed by atoms with van der Waals surface area (Å²) >= 11 is 0. The minimum Gasteiger partial charge on any atom is -0.469 e. The number of rotatable bonds is 16. The van der Waals surface area contributed by atoms with Crippen LogP contribution in [0.25, 0.3) is 32.9 Å². The number of hydrogen-bond acceptors (Lipinski definition) is 15. The van der Waals surface area contributed by atoms with Crippen molar-refractivity contribution in [3.8, 4) is 23.0 Å². The SMILES string of the molecule is COCOc1cc(-c2ncc3c(N4CC5CCC(CNC(=O)OCc6ccccc6)(C4)N5C(=O)OC(C)(C)C)nc(OC[C@]45CCCN4C[C@H](OCCC(=O)OC)C5)nc3c2F)c2c(F)cccc2c1. The van der Waals surface area contributed by atoms with Gasteiger partial charge in [-0.2, -0.15) is 9.97 Å². The third-order valence-electron chi connectivity index (χ3n) is 13.7. The molecule has 4 fully saturated rings. The van der Waals surface area contributed by atoms with E-state index in [0.29, 0.717) is 42.8 Å². The first-order valence-electron chi connectivity index (χ1n) is 23.7. The second kappa shape index (κ2) is 20.1. The maximum absolute atomic E-state index is 17.7. The van der Waals surface area contributed by atoms with Crippen molar-refractivity contribution in [2.45, 2.75) is 94.7 Å². The van der Waals surface area contributed by atoms with Gasteiger partial charge in [0.1, 0.15) is 47.4 Å². The standard InChI is InChI=1S/C51H59F2N7O10/c1-49(2,3)70-48(63)60-34-15-18-51(60,28-55-47(62)67-27-32-11-7-6-8-12-32)29-58(25-34)45-38-24-54-43(37-22-35(69-31-64-4)21-33-13-9-14-39(52)41(33)37)42(53)44(38)56-46(57-45)68-30-50-17-10-19-59(50)26-36(23-50)66-20-16-40(61)65-5/h6-9,11-14,21-22,24,34,36H,10,15-20,23,25-31H2,1-5H3,(H,55,62)/t34?,36-,50-,51?/m1/s1. The van der Waals surface area contributed by atoms with E-state index in [1.165, 1.54) is 32.5 Å². The molecule has 2 bridgehead atoms. The summed E-state index contributed by atoms with van der Waals surface area (Å²) in [6.45, 7) is 7.64. The van der Waals surface area contributed by atoms with Gasteiger partial charge in [0.25, 0.3) is 0 Å². The zero-order valence-corrected chi connectivity index (χ0v) is 40.1. The number of amides is 2. The van der Waals surface area contributed by atoms with Gasteiger partial charge in [-0.15, -0.1) is 0 Å². The van der Waals surface area contributed by atoms with Crippen LogP contribution in [0.4, 0.5) is 24.2 Å². The predicted molar refractivity (Wildman–Crippen MR) is 253 cm³/mol. The molecule has 4 aliphatic rings. The molecule has 0 radical (unpaired) electrons. The number of alkyl carbamates (subject to hydrolysis) is 1. The van der Waals surface area contributed by atoms with Gasteiger partial charge in [-0.3, -0.25) is 19.6 Å². The molecule has 5 aromatic rings. The van der Waals surface area contributed by atoms with Gasteiger partial charge in [0.2, 0.25) is 0 Å². The monoisotopic (exact) mass is 967 g/mol. The lowest BCUT2D eigenvalue weighted by atomic mass is 9.94.